The van der Waals surface area contributed by atoms with Gasteiger partial charge in [-0.1, -0.05) is 24.6 Å². The molecule has 1 N–H and O–H groups in total. The topological polar surface area (TPSA) is 80.5 Å². The molecule has 0 aliphatic carbocycles. The van der Waals surface area contributed by atoms with Crippen molar-refractivity contribution in [3.8, 4) is 12.1 Å². The van der Waals surface area contributed by atoms with Gasteiger partial charge in [0, 0.05) is 43.8 Å². The van der Waals surface area contributed by atoms with Gasteiger partial charge >= 0.3 is 12.2 Å². The van der Waals surface area contributed by atoms with Crippen molar-refractivity contribution in [2.75, 3.05) is 55.7 Å². The van der Waals surface area contributed by atoms with Crippen LogP contribution in [0, 0.1) is 11.3 Å². The van der Waals surface area contributed by atoms with E-state index in [0.717, 1.165) is 37.3 Å². The molecule has 1 aromatic heterocycles. The minimum Gasteiger partial charge on any atom is -0.462 e. The highest BCUT2D eigenvalue weighted by Crippen LogP contribution is 2.43. The van der Waals surface area contributed by atoms with Gasteiger partial charge in [0.15, 0.2) is 0 Å². The molecule has 3 aliphatic rings. The van der Waals surface area contributed by atoms with Crippen LogP contribution in [0.2, 0.25) is 5.02 Å². The lowest BCUT2D eigenvalue weighted by Crippen LogP contribution is -2.51. The van der Waals surface area contributed by atoms with Crippen molar-refractivity contribution in [3.63, 3.8) is 0 Å². The summed E-state index contributed by atoms with van der Waals surface area (Å²) in [6.45, 7) is 7.15. The van der Waals surface area contributed by atoms with E-state index in [1.807, 2.05) is 0 Å². The van der Waals surface area contributed by atoms with Crippen LogP contribution < -0.4 is 19.9 Å². The van der Waals surface area contributed by atoms with E-state index in [9.17, 15) is 18.4 Å². The highest BCUT2D eigenvalue weighted by atomic mass is 35.5. The van der Waals surface area contributed by atoms with Gasteiger partial charge in [0.25, 0.3) is 0 Å². The number of alkyl halides is 3. The third-order valence-electron chi connectivity index (χ3n) is 7.84. The number of rotatable bonds is 7. The number of likely N-dealkylation sites (tertiary alicyclic amines) is 1. The van der Waals surface area contributed by atoms with Gasteiger partial charge in [-0.25, -0.2) is 0 Å². The Morgan fingerprint density at radius 2 is 2.05 bits per heavy atom. The number of likely N-dealkylation sites (N-methyl/N-ethyl adjacent to an activating group) is 1. The predicted molar refractivity (Wildman–Crippen MR) is 143 cm³/mol. The molecular weight excluding hydrogens is 531 g/mol. The number of anilines is 2. The van der Waals surface area contributed by atoms with Gasteiger partial charge in [-0.15, -0.1) is 0 Å². The molecule has 8 nitrogen and oxygen atoms in total. The summed E-state index contributed by atoms with van der Waals surface area (Å²) in [6.07, 6.45) is -1.56. The van der Waals surface area contributed by atoms with Gasteiger partial charge in [0.1, 0.15) is 12.4 Å². The van der Waals surface area contributed by atoms with Crippen LogP contribution in [0.1, 0.15) is 43.0 Å². The van der Waals surface area contributed by atoms with E-state index in [1.165, 1.54) is 12.1 Å². The quantitative estimate of drug-likeness (QED) is 0.535. The number of nitriles is 1. The molecule has 2 atom stereocenters. The van der Waals surface area contributed by atoms with Gasteiger partial charge in [-0.3, -0.25) is 4.90 Å². The number of nitrogens with one attached hydrogen (secondary N) is 1. The summed E-state index contributed by atoms with van der Waals surface area (Å²) in [7, 11) is 0. The van der Waals surface area contributed by atoms with Crippen molar-refractivity contribution in [2.24, 2.45) is 0 Å². The van der Waals surface area contributed by atoms with E-state index in [0.29, 0.717) is 51.3 Å². The number of nitrogens with zero attached hydrogens (tertiary/aromatic N) is 6. The molecule has 5 rings (SSSR count). The fourth-order valence-electron chi connectivity index (χ4n) is 5.91. The monoisotopic (exact) mass is 563 g/mol. The summed E-state index contributed by atoms with van der Waals surface area (Å²) in [4.78, 5) is 15.8. The average molecular weight is 564 g/mol. The van der Waals surface area contributed by atoms with E-state index in [4.69, 9.17) is 26.3 Å². The Morgan fingerprint density at radius 3 is 2.82 bits per heavy atom. The molecule has 12 heteroatoms. The molecule has 0 bridgehead atoms. The maximum Gasteiger partial charge on any atom is 0.419 e. The highest BCUT2D eigenvalue weighted by Gasteiger charge is 2.38. The Hall–Kier alpha value is -2.81. The summed E-state index contributed by atoms with van der Waals surface area (Å²) in [5.74, 6) is 0.750. The van der Waals surface area contributed by atoms with Crippen molar-refractivity contribution in [1.82, 2.24) is 20.2 Å². The normalized spacial score (nSPS) is 22.1. The van der Waals surface area contributed by atoms with Crippen molar-refractivity contribution in [2.45, 2.75) is 57.4 Å². The number of hydrogen-bond acceptors (Lipinski definition) is 8. The number of fused-ring (bicyclic) bond motifs is 1. The van der Waals surface area contributed by atoms with Crippen LogP contribution in [-0.4, -0.2) is 72.8 Å². The highest BCUT2D eigenvalue weighted by molar-refractivity contribution is 6.31. The van der Waals surface area contributed by atoms with Crippen LogP contribution in [0.15, 0.2) is 18.2 Å². The Bertz CT molecular complexity index is 1220. The fourth-order valence-corrected chi connectivity index (χ4v) is 6.19. The Balaban J connectivity index is 1.47. The van der Waals surface area contributed by atoms with Gasteiger partial charge in [-0.2, -0.15) is 28.4 Å². The summed E-state index contributed by atoms with van der Waals surface area (Å²) in [6, 6.07) is 7.04. The first-order valence-corrected chi connectivity index (χ1v) is 13.9. The molecule has 0 radical (unpaired) electrons. The van der Waals surface area contributed by atoms with E-state index in [-0.39, 0.29) is 35.3 Å². The van der Waals surface area contributed by atoms with Crippen LogP contribution in [0.4, 0.5) is 24.7 Å². The SMILES string of the molecule is CCN1CCC[C@H]1COc1nc2c(c(N3CCN[C@@H](CC#N)C3)n1)CCN(c1cccc(Cl)c1C(F)(F)F)C2. The van der Waals surface area contributed by atoms with Gasteiger partial charge in [-0.05, 0) is 44.5 Å². The zero-order valence-electron chi connectivity index (χ0n) is 22.0. The molecule has 2 saturated heterocycles. The van der Waals surface area contributed by atoms with Crippen LogP contribution >= 0.6 is 11.6 Å². The molecule has 0 spiro atoms. The molecule has 39 heavy (non-hydrogen) atoms. The van der Waals surface area contributed by atoms with E-state index in [2.05, 4.69) is 28.1 Å². The molecule has 210 valence electrons. The second-order valence-electron chi connectivity index (χ2n) is 10.3. The molecule has 2 aromatic rings. The number of ether oxygens (including phenoxy) is 1. The lowest BCUT2D eigenvalue weighted by molar-refractivity contribution is -0.137. The minimum absolute atomic E-state index is 0.0104. The van der Waals surface area contributed by atoms with E-state index < -0.39 is 11.7 Å². The number of hydrogen-bond donors (Lipinski definition) is 1. The largest absolute Gasteiger partial charge is 0.462 e. The van der Waals surface area contributed by atoms with Crippen LogP contribution in [0.25, 0.3) is 0 Å². The summed E-state index contributed by atoms with van der Waals surface area (Å²) < 4.78 is 48.0. The predicted octanol–water partition coefficient (Wildman–Crippen LogP) is 4.27. The molecule has 0 unspecified atom stereocenters. The van der Waals surface area contributed by atoms with Gasteiger partial charge < -0.3 is 19.9 Å². The Morgan fingerprint density at radius 1 is 1.21 bits per heavy atom. The maximum atomic E-state index is 13.9. The maximum absolute atomic E-state index is 13.9. The van der Waals surface area contributed by atoms with Gasteiger partial charge in [0.2, 0.25) is 0 Å². The summed E-state index contributed by atoms with van der Waals surface area (Å²) >= 11 is 6.02. The van der Waals surface area contributed by atoms with Crippen LogP contribution in [0.5, 0.6) is 6.01 Å². The number of piperazine rings is 1. The molecule has 2 fully saturated rings. The minimum atomic E-state index is -4.58. The van der Waals surface area contributed by atoms with Crippen molar-refractivity contribution in [3.05, 3.63) is 40.0 Å². The molecular formula is C27H33ClF3N7O. The second kappa shape index (κ2) is 11.7. The zero-order chi connectivity index (χ0) is 27.6. The lowest BCUT2D eigenvalue weighted by Gasteiger charge is -2.37. The zero-order valence-corrected chi connectivity index (χ0v) is 22.7. The van der Waals surface area contributed by atoms with E-state index in [1.54, 1.807) is 11.0 Å². The third-order valence-corrected chi connectivity index (χ3v) is 8.16. The van der Waals surface area contributed by atoms with Gasteiger partial charge in [0.05, 0.1) is 41.0 Å². The molecule has 1 aromatic carbocycles. The number of aromatic nitrogens is 2. The first-order valence-electron chi connectivity index (χ1n) is 13.5. The molecule has 0 amide bonds. The third kappa shape index (κ3) is 6.03. The van der Waals surface area contributed by atoms with Crippen molar-refractivity contribution in [1.29, 1.82) is 5.26 Å². The first kappa shape index (κ1) is 27.7. The lowest BCUT2D eigenvalue weighted by atomic mass is 10.0. The summed E-state index contributed by atoms with van der Waals surface area (Å²) in [5, 5.41) is 12.3. The first-order chi connectivity index (χ1) is 18.8. The van der Waals surface area contributed by atoms with Crippen molar-refractivity contribution >= 4 is 23.1 Å². The fraction of sp³-hybridized carbons (Fsp3) is 0.593. The number of halogens is 4. The molecule has 3 aliphatic heterocycles. The molecule has 0 saturated carbocycles. The average Bonchev–Trinajstić information content (AvgIpc) is 3.38. The van der Waals surface area contributed by atoms with Crippen LogP contribution in [0.3, 0.4) is 0 Å². The van der Waals surface area contributed by atoms with Crippen LogP contribution in [-0.2, 0) is 19.1 Å². The smallest absolute Gasteiger partial charge is 0.419 e. The Kier molecular flexibility index (Phi) is 8.35. The molecule has 4 heterocycles. The van der Waals surface area contributed by atoms with E-state index >= 15 is 0 Å². The standard InChI is InChI=1S/C27H33ClF3N7O/c1-2-36-12-4-5-19(36)17-39-26-34-22-16-37(23-7-3-6-21(28)24(23)27(29,30)31)13-9-20(22)25(35-26)38-14-11-33-18(15-38)8-10-32/h3,6-7,18-19,33H,2,4-5,8-9,11-17H2,1H3/t18-,19-/m0/s1. The summed E-state index contributed by atoms with van der Waals surface area (Å²) in [5.41, 5.74) is 0.790. The number of benzene rings is 1. The second-order valence-corrected chi connectivity index (χ2v) is 10.7. The van der Waals surface area contributed by atoms with Crippen molar-refractivity contribution < 1.29 is 17.9 Å². The Labute approximate surface area is 231 Å².